The highest BCUT2D eigenvalue weighted by Gasteiger charge is 2.36. The molecule has 2 aromatic carbocycles. The average molecular weight is 397 g/mol. The zero-order chi connectivity index (χ0) is 19.3. The molecule has 0 saturated heterocycles. The summed E-state index contributed by atoms with van der Waals surface area (Å²) in [6, 6.07) is 10.9. The second-order valence-corrected chi connectivity index (χ2v) is 7.10. The highest BCUT2D eigenvalue weighted by molar-refractivity contribution is 6.44. The molecule has 0 aromatic heterocycles. The van der Waals surface area contributed by atoms with E-state index in [-0.39, 0.29) is 10.8 Å². The van der Waals surface area contributed by atoms with Crippen LogP contribution in [0.5, 0.6) is 0 Å². The summed E-state index contributed by atoms with van der Waals surface area (Å²) in [5.41, 5.74) is -0.0786. The topological polar surface area (TPSA) is 58.2 Å². The molecule has 4 nitrogen and oxygen atoms in total. The van der Waals surface area contributed by atoms with Crippen molar-refractivity contribution in [2.45, 2.75) is 20.3 Å². The first-order valence-electron chi connectivity index (χ1n) is 8.00. The maximum absolute atomic E-state index is 12.9. The fourth-order valence-corrected chi connectivity index (χ4v) is 2.52. The minimum absolute atomic E-state index is 0.218. The number of carbonyl (C=O) groups excluding carboxylic acids is 2. The molecule has 0 bridgehead atoms. The molecule has 2 aromatic rings. The van der Waals surface area contributed by atoms with E-state index in [9.17, 15) is 14.0 Å². The van der Waals surface area contributed by atoms with Crippen LogP contribution in [-0.4, -0.2) is 18.4 Å². The Kier molecular flexibility index (Phi) is 6.62. The number of carbonyl (C=O) groups is 2. The van der Waals surface area contributed by atoms with Crippen molar-refractivity contribution in [2.75, 3.05) is 11.9 Å². The van der Waals surface area contributed by atoms with Crippen LogP contribution in [-0.2, 0) is 16.0 Å². The Bertz CT molecular complexity index is 808. The van der Waals surface area contributed by atoms with Gasteiger partial charge in [-0.1, -0.05) is 41.4 Å². The van der Waals surface area contributed by atoms with Crippen molar-refractivity contribution in [1.82, 2.24) is 5.32 Å². The third-order valence-corrected chi connectivity index (χ3v) is 4.77. The van der Waals surface area contributed by atoms with Crippen LogP contribution >= 0.6 is 23.2 Å². The first-order chi connectivity index (χ1) is 12.2. The van der Waals surface area contributed by atoms with Crippen molar-refractivity contribution >= 4 is 40.7 Å². The maximum atomic E-state index is 12.9. The molecule has 0 aliphatic heterocycles. The first kappa shape index (κ1) is 20.2. The summed E-state index contributed by atoms with van der Waals surface area (Å²) >= 11 is 12.0. The Balaban J connectivity index is 1.94. The van der Waals surface area contributed by atoms with Gasteiger partial charge in [-0.25, -0.2) is 4.39 Å². The summed E-state index contributed by atoms with van der Waals surface area (Å²) in [6.07, 6.45) is 0.532. The van der Waals surface area contributed by atoms with Crippen LogP contribution in [0.4, 0.5) is 10.1 Å². The van der Waals surface area contributed by atoms with Gasteiger partial charge in [0.1, 0.15) is 11.2 Å². The lowest BCUT2D eigenvalue weighted by molar-refractivity contribution is -0.138. The van der Waals surface area contributed by atoms with Gasteiger partial charge in [-0.3, -0.25) is 9.59 Å². The minimum Gasteiger partial charge on any atom is -0.355 e. The maximum Gasteiger partial charge on any atom is 0.239 e. The van der Waals surface area contributed by atoms with Crippen LogP contribution in [0.25, 0.3) is 0 Å². The number of amides is 2. The molecule has 2 rings (SSSR count). The van der Waals surface area contributed by atoms with E-state index in [1.165, 1.54) is 26.0 Å². The molecule has 0 saturated carbocycles. The Hall–Kier alpha value is -2.11. The highest BCUT2D eigenvalue weighted by Crippen LogP contribution is 2.30. The van der Waals surface area contributed by atoms with Crippen LogP contribution in [0.1, 0.15) is 19.4 Å². The highest BCUT2D eigenvalue weighted by atomic mass is 35.5. The van der Waals surface area contributed by atoms with Gasteiger partial charge >= 0.3 is 0 Å². The molecule has 0 unspecified atom stereocenters. The lowest BCUT2D eigenvalue weighted by atomic mass is 9.91. The van der Waals surface area contributed by atoms with E-state index in [1.807, 2.05) is 0 Å². The Morgan fingerprint density at radius 3 is 2.35 bits per heavy atom. The fourth-order valence-electron chi connectivity index (χ4n) is 2.17. The molecule has 2 N–H and O–H groups in total. The van der Waals surface area contributed by atoms with Crippen LogP contribution < -0.4 is 10.6 Å². The van der Waals surface area contributed by atoms with E-state index < -0.39 is 17.2 Å². The largest absolute Gasteiger partial charge is 0.355 e. The average Bonchev–Trinajstić information content (AvgIpc) is 2.60. The quantitative estimate of drug-likeness (QED) is 0.708. The number of hydrogen-bond acceptors (Lipinski definition) is 2. The minimum atomic E-state index is -1.31. The van der Waals surface area contributed by atoms with Gasteiger partial charge in [-0.05, 0) is 50.1 Å². The second-order valence-electron chi connectivity index (χ2n) is 6.31. The molecule has 2 amide bonds. The van der Waals surface area contributed by atoms with Crippen molar-refractivity contribution in [3.05, 3.63) is 63.9 Å². The van der Waals surface area contributed by atoms with Crippen molar-refractivity contribution in [3.63, 3.8) is 0 Å². The van der Waals surface area contributed by atoms with Gasteiger partial charge in [0.15, 0.2) is 0 Å². The number of anilines is 1. The number of halogens is 3. The summed E-state index contributed by atoms with van der Waals surface area (Å²) < 4.78 is 12.9. The van der Waals surface area contributed by atoms with Crippen LogP contribution in [0.3, 0.4) is 0 Å². The van der Waals surface area contributed by atoms with E-state index >= 15 is 0 Å². The van der Waals surface area contributed by atoms with E-state index in [0.717, 1.165) is 5.56 Å². The Labute approximate surface area is 161 Å². The molecule has 0 aliphatic rings. The summed E-state index contributed by atoms with van der Waals surface area (Å²) in [7, 11) is 0. The van der Waals surface area contributed by atoms with Crippen LogP contribution in [0.2, 0.25) is 10.0 Å². The molecule has 0 atom stereocenters. The predicted molar refractivity (Wildman–Crippen MR) is 102 cm³/mol. The smallest absolute Gasteiger partial charge is 0.239 e. The van der Waals surface area contributed by atoms with Crippen molar-refractivity contribution in [1.29, 1.82) is 0 Å². The van der Waals surface area contributed by atoms with Crippen molar-refractivity contribution in [2.24, 2.45) is 5.41 Å². The van der Waals surface area contributed by atoms with Gasteiger partial charge in [0.2, 0.25) is 11.8 Å². The van der Waals surface area contributed by atoms with Gasteiger partial charge in [-0.2, -0.15) is 0 Å². The van der Waals surface area contributed by atoms with E-state index in [1.54, 1.807) is 30.3 Å². The third kappa shape index (κ3) is 4.96. The Morgan fingerprint density at radius 2 is 1.69 bits per heavy atom. The van der Waals surface area contributed by atoms with Gasteiger partial charge in [0.05, 0.1) is 15.7 Å². The summed E-state index contributed by atoms with van der Waals surface area (Å²) in [4.78, 5) is 24.9. The lowest BCUT2D eigenvalue weighted by Crippen LogP contribution is -2.45. The standard InChI is InChI=1S/C19H19Cl2FN2O2/c1-19(2,18(26)24-15-5-3-4-14(20)16(15)21)17(25)23-11-10-12-6-8-13(22)9-7-12/h3-9H,10-11H2,1-2H3,(H,23,25)(H,24,26). The predicted octanol–water partition coefficient (Wildman–Crippen LogP) is 4.46. The van der Waals surface area contributed by atoms with E-state index in [2.05, 4.69) is 10.6 Å². The van der Waals surface area contributed by atoms with E-state index in [0.29, 0.717) is 23.7 Å². The molecular formula is C19H19Cl2FN2O2. The molecule has 26 heavy (non-hydrogen) atoms. The zero-order valence-electron chi connectivity index (χ0n) is 14.4. The van der Waals surface area contributed by atoms with Gasteiger partial charge in [-0.15, -0.1) is 0 Å². The normalized spacial score (nSPS) is 11.1. The fraction of sp³-hybridized carbons (Fsp3) is 0.263. The monoisotopic (exact) mass is 396 g/mol. The molecule has 0 radical (unpaired) electrons. The zero-order valence-corrected chi connectivity index (χ0v) is 15.9. The summed E-state index contributed by atoms with van der Waals surface area (Å²) in [5, 5.41) is 5.88. The van der Waals surface area contributed by atoms with Gasteiger partial charge in [0.25, 0.3) is 0 Å². The molecule has 0 aliphatic carbocycles. The molecule has 7 heteroatoms. The third-order valence-electron chi connectivity index (χ3n) is 3.95. The molecule has 0 spiro atoms. The van der Waals surface area contributed by atoms with Crippen LogP contribution in [0, 0.1) is 11.2 Å². The number of rotatable bonds is 6. The molecular weight excluding hydrogens is 378 g/mol. The van der Waals surface area contributed by atoms with Crippen LogP contribution in [0.15, 0.2) is 42.5 Å². The van der Waals surface area contributed by atoms with Gasteiger partial charge in [0, 0.05) is 6.54 Å². The summed E-state index contributed by atoms with van der Waals surface area (Å²) in [5.74, 6) is -1.23. The SMILES string of the molecule is CC(C)(C(=O)NCCc1ccc(F)cc1)C(=O)Nc1cccc(Cl)c1Cl. The molecule has 0 heterocycles. The summed E-state index contributed by atoms with van der Waals surface area (Å²) in [6.45, 7) is 3.38. The van der Waals surface area contributed by atoms with Crippen molar-refractivity contribution in [3.8, 4) is 0 Å². The van der Waals surface area contributed by atoms with Crippen molar-refractivity contribution < 1.29 is 14.0 Å². The van der Waals surface area contributed by atoms with Gasteiger partial charge < -0.3 is 10.6 Å². The molecule has 0 fully saturated rings. The lowest BCUT2D eigenvalue weighted by Gasteiger charge is -2.23. The second kappa shape index (κ2) is 8.52. The Morgan fingerprint density at radius 1 is 1.04 bits per heavy atom. The number of nitrogens with one attached hydrogen (secondary N) is 2. The number of hydrogen-bond donors (Lipinski definition) is 2. The van der Waals surface area contributed by atoms with E-state index in [4.69, 9.17) is 23.2 Å². The first-order valence-corrected chi connectivity index (χ1v) is 8.75. The molecule has 138 valence electrons. The number of benzene rings is 2.